The topological polar surface area (TPSA) is 75.3 Å². The van der Waals surface area contributed by atoms with Gasteiger partial charge in [0.15, 0.2) is 0 Å². The van der Waals surface area contributed by atoms with Crippen LogP contribution in [-0.4, -0.2) is 27.1 Å². The van der Waals surface area contributed by atoms with E-state index in [1.54, 1.807) is 36.4 Å². The van der Waals surface area contributed by atoms with E-state index in [0.29, 0.717) is 40.9 Å². The number of sulfonamides is 1. The minimum atomic E-state index is -3.40. The van der Waals surface area contributed by atoms with Crippen molar-refractivity contribution in [3.63, 3.8) is 0 Å². The summed E-state index contributed by atoms with van der Waals surface area (Å²) < 4.78 is 39.8. The molecule has 0 fully saturated rings. The maximum atomic E-state index is 14.8. The van der Waals surface area contributed by atoms with Crippen LogP contribution < -0.4 is 10.0 Å². The number of halogens is 1. The zero-order valence-electron chi connectivity index (χ0n) is 12.4. The van der Waals surface area contributed by atoms with Crippen molar-refractivity contribution >= 4 is 21.6 Å². The standard InChI is InChI=1S/C16H15FN2O3S/c1-23(21,22)19-11-4-2-3-10(9-11)12-5-6-14-13(15(12)17)7-8-18-16(14)20/h2-6,9,19H,7-8H2,1H3,(H,18,20). The molecule has 1 heterocycles. The number of amides is 1. The Labute approximate surface area is 133 Å². The zero-order chi connectivity index (χ0) is 16.6. The van der Waals surface area contributed by atoms with Crippen LogP contribution in [0.15, 0.2) is 36.4 Å². The van der Waals surface area contributed by atoms with Crippen LogP contribution in [0.3, 0.4) is 0 Å². The van der Waals surface area contributed by atoms with Crippen molar-refractivity contribution in [1.29, 1.82) is 0 Å². The molecule has 0 aromatic heterocycles. The van der Waals surface area contributed by atoms with Gasteiger partial charge in [-0.15, -0.1) is 0 Å². The van der Waals surface area contributed by atoms with Crippen LogP contribution in [0.2, 0.25) is 0 Å². The molecule has 0 spiro atoms. The van der Waals surface area contributed by atoms with E-state index >= 15 is 0 Å². The second-order valence-corrected chi connectivity index (χ2v) is 7.16. The normalized spacial score (nSPS) is 14.1. The molecule has 0 radical (unpaired) electrons. The summed E-state index contributed by atoms with van der Waals surface area (Å²) in [7, 11) is -3.40. The number of hydrogen-bond acceptors (Lipinski definition) is 3. The van der Waals surface area contributed by atoms with E-state index in [9.17, 15) is 17.6 Å². The quantitative estimate of drug-likeness (QED) is 0.903. The van der Waals surface area contributed by atoms with Gasteiger partial charge in [-0.2, -0.15) is 0 Å². The lowest BCUT2D eigenvalue weighted by molar-refractivity contribution is 0.0945. The zero-order valence-corrected chi connectivity index (χ0v) is 13.2. The molecule has 3 rings (SSSR count). The Morgan fingerprint density at radius 2 is 1.91 bits per heavy atom. The van der Waals surface area contributed by atoms with Gasteiger partial charge in [0.2, 0.25) is 10.0 Å². The largest absolute Gasteiger partial charge is 0.352 e. The number of carbonyl (C=O) groups is 1. The van der Waals surface area contributed by atoms with Gasteiger partial charge in [-0.05, 0) is 30.2 Å². The molecule has 0 atom stereocenters. The van der Waals surface area contributed by atoms with Crippen molar-refractivity contribution in [2.24, 2.45) is 0 Å². The van der Waals surface area contributed by atoms with Crippen LogP contribution in [0.4, 0.5) is 10.1 Å². The molecular weight excluding hydrogens is 319 g/mol. The fraction of sp³-hybridized carbons (Fsp3) is 0.188. The second-order valence-electron chi connectivity index (χ2n) is 5.41. The van der Waals surface area contributed by atoms with Crippen molar-refractivity contribution in [1.82, 2.24) is 5.32 Å². The van der Waals surface area contributed by atoms with Crippen LogP contribution in [0, 0.1) is 5.82 Å². The summed E-state index contributed by atoms with van der Waals surface area (Å²) in [6.07, 6.45) is 1.49. The first-order valence-electron chi connectivity index (χ1n) is 7.03. The summed E-state index contributed by atoms with van der Waals surface area (Å²) in [5.41, 5.74) is 2.00. The van der Waals surface area contributed by atoms with Gasteiger partial charge in [-0.3, -0.25) is 9.52 Å². The predicted octanol–water partition coefficient (Wildman–Crippen LogP) is 2.15. The lowest BCUT2D eigenvalue weighted by atomic mass is 9.94. The number of rotatable bonds is 3. The average molecular weight is 334 g/mol. The van der Waals surface area contributed by atoms with E-state index in [2.05, 4.69) is 10.0 Å². The molecule has 0 saturated carbocycles. The monoisotopic (exact) mass is 334 g/mol. The molecule has 5 nitrogen and oxygen atoms in total. The molecule has 0 saturated heterocycles. The van der Waals surface area contributed by atoms with Gasteiger partial charge in [0.1, 0.15) is 5.82 Å². The third kappa shape index (κ3) is 3.19. The lowest BCUT2D eigenvalue weighted by Crippen LogP contribution is -2.32. The first-order chi connectivity index (χ1) is 10.8. The van der Waals surface area contributed by atoms with E-state index in [1.165, 1.54) is 0 Å². The molecule has 2 N–H and O–H groups in total. The van der Waals surface area contributed by atoms with E-state index in [1.807, 2.05) is 0 Å². The van der Waals surface area contributed by atoms with E-state index in [4.69, 9.17) is 0 Å². The van der Waals surface area contributed by atoms with Gasteiger partial charge in [-0.25, -0.2) is 12.8 Å². The first kappa shape index (κ1) is 15.5. The molecule has 1 amide bonds. The average Bonchev–Trinajstić information content (AvgIpc) is 2.47. The summed E-state index contributed by atoms with van der Waals surface area (Å²) in [5.74, 6) is -0.710. The first-order valence-corrected chi connectivity index (χ1v) is 8.92. The summed E-state index contributed by atoms with van der Waals surface area (Å²) in [5, 5.41) is 2.68. The van der Waals surface area contributed by atoms with Gasteiger partial charge in [0, 0.05) is 28.9 Å². The van der Waals surface area contributed by atoms with Crippen molar-refractivity contribution in [3.8, 4) is 11.1 Å². The maximum absolute atomic E-state index is 14.8. The maximum Gasteiger partial charge on any atom is 0.251 e. The molecule has 2 aromatic carbocycles. The highest BCUT2D eigenvalue weighted by Gasteiger charge is 2.22. The highest BCUT2D eigenvalue weighted by Crippen LogP contribution is 2.30. The Bertz CT molecular complexity index is 894. The number of anilines is 1. The van der Waals surface area contributed by atoms with Gasteiger partial charge < -0.3 is 5.32 Å². The van der Waals surface area contributed by atoms with Gasteiger partial charge in [0.05, 0.1) is 6.26 Å². The minimum absolute atomic E-state index is 0.274. The Balaban J connectivity index is 2.06. The molecule has 23 heavy (non-hydrogen) atoms. The second kappa shape index (κ2) is 5.66. The van der Waals surface area contributed by atoms with Gasteiger partial charge in [-0.1, -0.05) is 18.2 Å². The van der Waals surface area contributed by atoms with E-state index in [-0.39, 0.29) is 5.91 Å². The molecule has 2 aromatic rings. The van der Waals surface area contributed by atoms with Gasteiger partial charge in [0.25, 0.3) is 5.91 Å². The van der Waals surface area contributed by atoms with Crippen LogP contribution in [0.5, 0.6) is 0 Å². The minimum Gasteiger partial charge on any atom is -0.352 e. The van der Waals surface area contributed by atoms with Crippen LogP contribution in [0.25, 0.3) is 11.1 Å². The lowest BCUT2D eigenvalue weighted by Gasteiger charge is -2.19. The molecule has 0 aliphatic carbocycles. The molecule has 1 aliphatic heterocycles. The summed E-state index contributed by atoms with van der Waals surface area (Å²) in [6.45, 7) is 0.405. The Morgan fingerprint density at radius 3 is 2.65 bits per heavy atom. The highest BCUT2D eigenvalue weighted by atomic mass is 32.2. The van der Waals surface area contributed by atoms with Crippen molar-refractivity contribution in [3.05, 3.63) is 53.3 Å². The number of carbonyl (C=O) groups excluding carboxylic acids is 1. The third-order valence-corrected chi connectivity index (χ3v) is 4.23. The van der Waals surface area contributed by atoms with Crippen molar-refractivity contribution in [2.75, 3.05) is 17.5 Å². The number of hydrogen-bond donors (Lipinski definition) is 2. The molecule has 120 valence electrons. The van der Waals surface area contributed by atoms with Crippen LogP contribution in [-0.2, 0) is 16.4 Å². The molecular formula is C16H15FN2O3S. The Hall–Kier alpha value is -2.41. The highest BCUT2D eigenvalue weighted by molar-refractivity contribution is 7.92. The Kier molecular flexibility index (Phi) is 3.81. The summed E-state index contributed by atoms with van der Waals surface area (Å²) >= 11 is 0. The van der Waals surface area contributed by atoms with E-state index < -0.39 is 15.8 Å². The van der Waals surface area contributed by atoms with Gasteiger partial charge >= 0.3 is 0 Å². The summed E-state index contributed by atoms with van der Waals surface area (Å²) in [6, 6.07) is 9.64. The Morgan fingerprint density at radius 1 is 1.17 bits per heavy atom. The third-order valence-electron chi connectivity index (χ3n) is 3.63. The molecule has 1 aliphatic rings. The van der Waals surface area contributed by atoms with Crippen molar-refractivity contribution in [2.45, 2.75) is 6.42 Å². The van der Waals surface area contributed by atoms with Crippen molar-refractivity contribution < 1.29 is 17.6 Å². The number of fused-ring (bicyclic) bond motifs is 1. The molecule has 7 heteroatoms. The van der Waals surface area contributed by atoms with Crippen LogP contribution in [0.1, 0.15) is 15.9 Å². The molecule has 0 unspecified atom stereocenters. The SMILES string of the molecule is CS(=O)(=O)Nc1cccc(-c2ccc3c(c2F)CCNC3=O)c1. The smallest absolute Gasteiger partial charge is 0.251 e. The predicted molar refractivity (Wildman–Crippen MR) is 86.3 cm³/mol. The molecule has 0 bridgehead atoms. The fourth-order valence-corrected chi connectivity index (χ4v) is 3.22. The number of nitrogens with one attached hydrogen (secondary N) is 2. The fourth-order valence-electron chi connectivity index (χ4n) is 2.66. The number of benzene rings is 2. The van der Waals surface area contributed by atoms with E-state index in [0.717, 1.165) is 6.26 Å². The van der Waals surface area contributed by atoms with Crippen LogP contribution >= 0.6 is 0 Å². The summed E-state index contributed by atoms with van der Waals surface area (Å²) in [4.78, 5) is 11.7.